The Balaban J connectivity index is 1.69. The Morgan fingerprint density at radius 2 is 2.05 bits per heavy atom. The maximum absolute atomic E-state index is 11.1. The lowest BCUT2D eigenvalue weighted by atomic mass is 10.1. The summed E-state index contributed by atoms with van der Waals surface area (Å²) < 4.78 is 5.94. The fourth-order valence-corrected chi connectivity index (χ4v) is 2.99. The molecular weight excluding hydrogens is 266 g/mol. The predicted molar refractivity (Wildman–Crippen MR) is 81.2 cm³/mol. The number of aliphatic carboxylic acids is 1. The van der Waals surface area contributed by atoms with Crippen LogP contribution in [-0.4, -0.2) is 41.7 Å². The molecule has 2 atom stereocenters. The smallest absolute Gasteiger partial charge is 0.321 e. The molecule has 2 aromatic carbocycles. The lowest BCUT2D eigenvalue weighted by molar-refractivity contribution is -0.141. The van der Waals surface area contributed by atoms with Crippen molar-refractivity contribution in [2.45, 2.75) is 25.2 Å². The SMILES string of the molecule is CN1CC(OCc2cccc3ccccc23)CC1C(=O)O. The highest BCUT2D eigenvalue weighted by molar-refractivity contribution is 5.85. The molecule has 0 bridgehead atoms. The molecule has 3 rings (SSSR count). The van der Waals surface area contributed by atoms with Gasteiger partial charge in [0.15, 0.2) is 0 Å². The predicted octanol–water partition coefficient (Wildman–Crippen LogP) is 2.51. The van der Waals surface area contributed by atoms with Gasteiger partial charge in [-0.3, -0.25) is 9.69 Å². The molecule has 0 amide bonds. The third-order valence-corrected chi connectivity index (χ3v) is 4.15. The number of carboxylic acid groups (broad SMARTS) is 1. The summed E-state index contributed by atoms with van der Waals surface area (Å²) in [5.41, 5.74) is 1.15. The van der Waals surface area contributed by atoms with Crippen LogP contribution in [0.15, 0.2) is 42.5 Å². The van der Waals surface area contributed by atoms with Crippen LogP contribution < -0.4 is 0 Å². The molecule has 2 unspecified atom stereocenters. The van der Waals surface area contributed by atoms with Gasteiger partial charge in [0.05, 0.1) is 12.7 Å². The molecule has 1 aliphatic rings. The number of hydrogen-bond acceptors (Lipinski definition) is 3. The first-order chi connectivity index (χ1) is 10.1. The highest BCUT2D eigenvalue weighted by Crippen LogP contribution is 2.23. The first-order valence-corrected chi connectivity index (χ1v) is 7.16. The molecule has 2 aromatic rings. The molecule has 21 heavy (non-hydrogen) atoms. The number of carboxylic acids is 1. The van der Waals surface area contributed by atoms with Crippen molar-refractivity contribution in [2.24, 2.45) is 0 Å². The molecule has 1 N–H and O–H groups in total. The maximum Gasteiger partial charge on any atom is 0.321 e. The van der Waals surface area contributed by atoms with Crippen LogP contribution in [0.3, 0.4) is 0 Å². The second kappa shape index (κ2) is 5.84. The summed E-state index contributed by atoms with van der Waals surface area (Å²) in [6.07, 6.45) is 0.534. The summed E-state index contributed by atoms with van der Waals surface area (Å²) >= 11 is 0. The first-order valence-electron chi connectivity index (χ1n) is 7.16. The molecule has 110 valence electrons. The van der Waals surface area contributed by atoms with E-state index in [1.807, 2.05) is 30.1 Å². The van der Waals surface area contributed by atoms with E-state index in [0.29, 0.717) is 19.6 Å². The van der Waals surface area contributed by atoms with Crippen molar-refractivity contribution in [1.29, 1.82) is 0 Å². The third-order valence-electron chi connectivity index (χ3n) is 4.15. The number of nitrogens with zero attached hydrogens (tertiary/aromatic N) is 1. The van der Waals surface area contributed by atoms with Gasteiger partial charge in [0.1, 0.15) is 6.04 Å². The van der Waals surface area contributed by atoms with E-state index in [4.69, 9.17) is 9.84 Å². The van der Waals surface area contributed by atoms with E-state index in [1.165, 1.54) is 10.8 Å². The second-order valence-electron chi connectivity index (χ2n) is 5.60. The lowest BCUT2D eigenvalue weighted by Gasteiger charge is -2.13. The van der Waals surface area contributed by atoms with Crippen molar-refractivity contribution in [3.63, 3.8) is 0 Å². The monoisotopic (exact) mass is 285 g/mol. The van der Waals surface area contributed by atoms with Crippen molar-refractivity contribution in [2.75, 3.05) is 13.6 Å². The van der Waals surface area contributed by atoms with Crippen LogP contribution in [0.2, 0.25) is 0 Å². The van der Waals surface area contributed by atoms with Crippen LogP contribution in [-0.2, 0) is 16.1 Å². The first kappa shape index (κ1) is 14.0. The second-order valence-corrected chi connectivity index (χ2v) is 5.60. The molecule has 1 aliphatic heterocycles. The molecule has 0 spiro atoms. The number of carbonyl (C=O) groups is 1. The number of benzene rings is 2. The Kier molecular flexibility index (Phi) is 3.90. The van der Waals surface area contributed by atoms with Crippen LogP contribution in [0.25, 0.3) is 10.8 Å². The summed E-state index contributed by atoms with van der Waals surface area (Å²) in [6, 6.07) is 14.0. The average molecular weight is 285 g/mol. The van der Waals surface area contributed by atoms with Crippen molar-refractivity contribution >= 4 is 16.7 Å². The normalized spacial score (nSPS) is 22.7. The van der Waals surface area contributed by atoms with E-state index in [-0.39, 0.29) is 6.10 Å². The molecule has 0 saturated carbocycles. The summed E-state index contributed by atoms with van der Waals surface area (Å²) in [6.45, 7) is 1.19. The molecule has 0 radical (unpaired) electrons. The van der Waals surface area contributed by atoms with E-state index in [0.717, 1.165) is 5.56 Å². The molecule has 1 heterocycles. The Morgan fingerprint density at radius 1 is 1.29 bits per heavy atom. The zero-order valence-corrected chi connectivity index (χ0v) is 12.0. The number of ether oxygens (including phenoxy) is 1. The molecule has 4 nitrogen and oxygen atoms in total. The topological polar surface area (TPSA) is 49.8 Å². The van der Waals surface area contributed by atoms with Crippen LogP contribution in [0, 0.1) is 0 Å². The molecule has 0 aromatic heterocycles. The Morgan fingerprint density at radius 3 is 2.81 bits per heavy atom. The van der Waals surface area contributed by atoms with Gasteiger partial charge in [0.25, 0.3) is 0 Å². The summed E-state index contributed by atoms with van der Waals surface area (Å²) in [5.74, 6) is -0.770. The van der Waals surface area contributed by atoms with Gasteiger partial charge >= 0.3 is 5.97 Å². The maximum atomic E-state index is 11.1. The third kappa shape index (κ3) is 2.91. The fraction of sp³-hybridized carbons (Fsp3) is 0.353. The number of fused-ring (bicyclic) bond motifs is 1. The van der Waals surface area contributed by atoms with Gasteiger partial charge in [-0.05, 0) is 23.4 Å². The number of likely N-dealkylation sites (tertiary alicyclic amines) is 1. The quantitative estimate of drug-likeness (QED) is 0.937. The van der Waals surface area contributed by atoms with Gasteiger partial charge in [0, 0.05) is 13.0 Å². The van der Waals surface area contributed by atoms with Crippen LogP contribution in [0.4, 0.5) is 0 Å². The average Bonchev–Trinajstić information content (AvgIpc) is 2.86. The molecule has 1 saturated heterocycles. The lowest BCUT2D eigenvalue weighted by Crippen LogP contribution is -2.32. The van der Waals surface area contributed by atoms with Gasteiger partial charge in [-0.2, -0.15) is 0 Å². The van der Waals surface area contributed by atoms with Gasteiger partial charge in [-0.15, -0.1) is 0 Å². The van der Waals surface area contributed by atoms with Crippen LogP contribution in [0.5, 0.6) is 0 Å². The summed E-state index contributed by atoms with van der Waals surface area (Å²) in [4.78, 5) is 13.0. The Labute approximate surface area is 123 Å². The highest BCUT2D eigenvalue weighted by Gasteiger charge is 2.34. The fourth-order valence-electron chi connectivity index (χ4n) is 2.99. The Hall–Kier alpha value is -1.91. The summed E-state index contributed by atoms with van der Waals surface area (Å²) in [5, 5.41) is 11.5. The van der Waals surface area contributed by atoms with Crippen LogP contribution >= 0.6 is 0 Å². The van der Waals surface area contributed by atoms with E-state index in [9.17, 15) is 4.79 Å². The van der Waals surface area contributed by atoms with E-state index < -0.39 is 12.0 Å². The van der Waals surface area contributed by atoms with Gasteiger partial charge in [-0.1, -0.05) is 42.5 Å². The Bertz CT molecular complexity index is 650. The largest absolute Gasteiger partial charge is 0.480 e. The summed E-state index contributed by atoms with van der Waals surface area (Å²) in [7, 11) is 1.83. The van der Waals surface area contributed by atoms with Gasteiger partial charge in [0.2, 0.25) is 0 Å². The molecular formula is C17H19NO3. The minimum Gasteiger partial charge on any atom is -0.480 e. The number of likely N-dealkylation sites (N-methyl/N-ethyl adjacent to an activating group) is 1. The van der Waals surface area contributed by atoms with E-state index in [1.54, 1.807) is 0 Å². The molecule has 4 heteroatoms. The van der Waals surface area contributed by atoms with Crippen molar-refractivity contribution in [3.8, 4) is 0 Å². The number of rotatable bonds is 4. The van der Waals surface area contributed by atoms with Crippen molar-refractivity contribution in [3.05, 3.63) is 48.0 Å². The van der Waals surface area contributed by atoms with E-state index >= 15 is 0 Å². The zero-order chi connectivity index (χ0) is 14.8. The standard InChI is InChI=1S/C17H19NO3/c1-18-10-14(9-16(18)17(19)20)21-11-13-7-4-6-12-5-2-3-8-15(12)13/h2-8,14,16H,9-11H2,1H3,(H,19,20). The number of hydrogen-bond donors (Lipinski definition) is 1. The minimum absolute atomic E-state index is 0.0185. The molecule has 1 fully saturated rings. The molecule has 0 aliphatic carbocycles. The van der Waals surface area contributed by atoms with Gasteiger partial charge in [-0.25, -0.2) is 0 Å². The van der Waals surface area contributed by atoms with Crippen molar-refractivity contribution in [1.82, 2.24) is 4.90 Å². The highest BCUT2D eigenvalue weighted by atomic mass is 16.5. The zero-order valence-electron chi connectivity index (χ0n) is 12.0. The van der Waals surface area contributed by atoms with E-state index in [2.05, 4.69) is 24.3 Å². The minimum atomic E-state index is -0.770. The van der Waals surface area contributed by atoms with Crippen LogP contribution in [0.1, 0.15) is 12.0 Å². The van der Waals surface area contributed by atoms with Gasteiger partial charge < -0.3 is 9.84 Å². The van der Waals surface area contributed by atoms with Crippen molar-refractivity contribution < 1.29 is 14.6 Å².